The second-order valence-electron chi connectivity index (χ2n) is 12.6. The van der Waals surface area contributed by atoms with Gasteiger partial charge in [-0.2, -0.15) is 26.3 Å². The first-order valence-electron chi connectivity index (χ1n) is 15.5. The van der Waals surface area contributed by atoms with Gasteiger partial charge >= 0.3 is 18.3 Å². The number of hydrogen-bond acceptors (Lipinski definition) is 6. The fourth-order valence-electron chi connectivity index (χ4n) is 6.84. The zero-order valence-electron chi connectivity index (χ0n) is 26.3. The van der Waals surface area contributed by atoms with Crippen LogP contribution in [0.25, 0.3) is 10.9 Å². The van der Waals surface area contributed by atoms with Crippen LogP contribution in [0.1, 0.15) is 60.8 Å². The number of carbonyl (C=O) groups is 1. The first kappa shape index (κ1) is 35.9. The van der Waals surface area contributed by atoms with E-state index in [-0.39, 0.29) is 47.0 Å². The number of hydrogen-bond donors (Lipinski definition) is 3. The first-order chi connectivity index (χ1) is 22.9. The van der Waals surface area contributed by atoms with Crippen molar-refractivity contribution in [3.63, 3.8) is 0 Å². The van der Waals surface area contributed by atoms with Crippen LogP contribution in [-0.2, 0) is 30.2 Å². The Labute approximate surface area is 276 Å². The van der Waals surface area contributed by atoms with Crippen molar-refractivity contribution in [1.29, 1.82) is 0 Å². The van der Waals surface area contributed by atoms with Crippen LogP contribution in [-0.4, -0.2) is 51.7 Å². The van der Waals surface area contributed by atoms with E-state index >= 15 is 0 Å². The van der Waals surface area contributed by atoms with Gasteiger partial charge in [-0.15, -0.1) is 5.10 Å². The highest BCUT2D eigenvalue weighted by atomic mass is 19.4. The largest absolute Gasteiger partial charge is 0.481 e. The quantitative estimate of drug-likeness (QED) is 0.0806. The van der Waals surface area contributed by atoms with Crippen LogP contribution in [0.3, 0.4) is 0 Å². The summed E-state index contributed by atoms with van der Waals surface area (Å²) in [4.78, 5) is 19.5. The average molecular weight is 702 g/mol. The molecule has 49 heavy (non-hydrogen) atoms. The summed E-state index contributed by atoms with van der Waals surface area (Å²) < 4.78 is 111. The first-order valence-corrected chi connectivity index (χ1v) is 15.5. The summed E-state index contributed by atoms with van der Waals surface area (Å²) in [6.07, 6.45) is -6.39. The lowest BCUT2D eigenvalue weighted by Crippen LogP contribution is -2.41. The van der Waals surface area contributed by atoms with E-state index in [1.165, 1.54) is 18.0 Å². The van der Waals surface area contributed by atoms with Gasteiger partial charge in [0.2, 0.25) is 5.96 Å². The number of hydrazone groups is 1. The normalized spacial score (nSPS) is 20.6. The number of fused-ring (bicyclic) bond motifs is 1. The number of aromatic nitrogens is 1. The molecule has 1 saturated carbocycles. The third-order valence-electron chi connectivity index (χ3n) is 9.12. The van der Waals surface area contributed by atoms with Crippen molar-refractivity contribution in [2.75, 3.05) is 18.5 Å². The summed E-state index contributed by atoms with van der Waals surface area (Å²) in [5.41, 5.74) is 3.32. The fraction of sp³-hybridized carbons (Fsp3) is 0.469. The van der Waals surface area contributed by atoms with Crippen molar-refractivity contribution in [1.82, 2.24) is 15.0 Å². The number of anilines is 1. The van der Waals surface area contributed by atoms with E-state index in [9.17, 15) is 45.0 Å². The Morgan fingerprint density at radius 2 is 1.55 bits per heavy atom. The van der Waals surface area contributed by atoms with E-state index < -0.39 is 53.5 Å². The molecule has 2 aromatic carbocycles. The van der Waals surface area contributed by atoms with E-state index in [2.05, 4.69) is 5.10 Å². The molecular weight excluding hydrogens is 666 g/mol. The van der Waals surface area contributed by atoms with E-state index in [1.54, 1.807) is 0 Å². The molecule has 5 rings (SSSR count). The number of carboxylic acids is 1. The summed E-state index contributed by atoms with van der Waals surface area (Å²) in [5, 5.41) is 14.4. The minimum absolute atomic E-state index is 0.0232. The minimum atomic E-state index is -5.08. The Kier molecular flexibility index (Phi) is 10.1. The molecule has 9 nitrogen and oxygen atoms in total. The lowest BCUT2D eigenvalue weighted by molar-refractivity contribution is -0.144. The summed E-state index contributed by atoms with van der Waals surface area (Å²) in [6, 6.07) is 4.52. The highest BCUT2D eigenvalue weighted by molar-refractivity contribution is 5.83. The highest BCUT2D eigenvalue weighted by Crippen LogP contribution is 2.41. The van der Waals surface area contributed by atoms with Gasteiger partial charge in [-0.25, -0.2) is 24.7 Å². The summed E-state index contributed by atoms with van der Waals surface area (Å²) in [6.45, 7) is -0.336. The molecule has 1 saturated heterocycles. The number of rotatable bonds is 8. The smallest absolute Gasteiger partial charge is 0.416 e. The predicted molar refractivity (Wildman–Crippen MR) is 164 cm³/mol. The topological polar surface area (TPSA) is 124 Å². The number of hydrazine groups is 1. The Morgan fingerprint density at radius 1 is 0.939 bits per heavy atom. The molecule has 2 heterocycles. The second kappa shape index (κ2) is 13.8. The van der Waals surface area contributed by atoms with E-state index in [0.717, 1.165) is 30.1 Å². The van der Waals surface area contributed by atoms with Gasteiger partial charge in [0.25, 0.3) is 0 Å². The highest BCUT2D eigenvalue weighted by Gasteiger charge is 2.39. The number of benzene rings is 2. The zero-order valence-corrected chi connectivity index (χ0v) is 26.3. The lowest BCUT2D eigenvalue weighted by Gasteiger charge is -2.37. The molecule has 0 bridgehead atoms. The maximum atomic E-state index is 14.4. The van der Waals surface area contributed by atoms with Crippen LogP contribution >= 0.6 is 0 Å². The Balaban J connectivity index is 1.59. The average Bonchev–Trinajstić information content (AvgIpc) is 3.50. The van der Waals surface area contributed by atoms with Gasteiger partial charge in [-0.3, -0.25) is 4.79 Å². The van der Waals surface area contributed by atoms with Gasteiger partial charge in [-0.05, 0) is 80.3 Å². The van der Waals surface area contributed by atoms with Crippen molar-refractivity contribution >= 4 is 28.6 Å². The van der Waals surface area contributed by atoms with Gasteiger partial charge in [0.05, 0.1) is 22.6 Å². The SMILES string of the molecule is CN(N)N=C(N)N(Cc1cc(C(F)(F)F)cc(C(F)(F)F)c1)Cc1cc2cc(F)c(F)cc2nc1N1CCCC1C1CCC(C(=O)O)CC1. The van der Waals surface area contributed by atoms with E-state index in [0.29, 0.717) is 55.7 Å². The Bertz CT molecular complexity index is 1690. The van der Waals surface area contributed by atoms with Crippen LogP contribution in [0.4, 0.5) is 40.9 Å². The van der Waals surface area contributed by atoms with Crippen molar-refractivity contribution in [2.24, 2.45) is 28.5 Å². The van der Waals surface area contributed by atoms with Crippen LogP contribution < -0.4 is 16.5 Å². The summed E-state index contributed by atoms with van der Waals surface area (Å²) >= 11 is 0. The standard InChI is InChI=1S/C32H35F8N7O2/c1-45(42)44-30(41)46(15-17-9-22(31(35,36)37)13-23(10-17)32(38,39)40)16-21-11-20-12-24(33)25(34)14-26(20)43-28(21)47-8-2-3-27(47)18-4-6-19(7-5-18)29(48)49/h9-14,18-19,27H,2-8,15-16,42H2,1H3,(H2,41,44)(H,48,49). The second-order valence-corrected chi connectivity index (χ2v) is 12.6. The number of guanidine groups is 1. The van der Waals surface area contributed by atoms with Gasteiger partial charge < -0.3 is 20.6 Å². The van der Waals surface area contributed by atoms with Gasteiger partial charge in [0.15, 0.2) is 11.6 Å². The molecule has 1 atom stereocenters. The molecule has 1 unspecified atom stereocenters. The van der Waals surface area contributed by atoms with Crippen molar-refractivity contribution < 1.29 is 45.0 Å². The molecule has 0 radical (unpaired) electrons. The number of carboxylic acid groups (broad SMARTS) is 1. The zero-order chi connectivity index (χ0) is 35.8. The van der Waals surface area contributed by atoms with Gasteiger partial charge in [-0.1, -0.05) is 0 Å². The molecular formula is C32H35F8N7O2. The Morgan fingerprint density at radius 3 is 2.12 bits per heavy atom. The molecule has 3 aromatic rings. The number of aliphatic carboxylic acids is 1. The van der Waals surface area contributed by atoms with E-state index in [4.69, 9.17) is 16.6 Å². The van der Waals surface area contributed by atoms with Crippen molar-refractivity contribution in [3.05, 3.63) is 70.3 Å². The monoisotopic (exact) mass is 701 g/mol. The molecule has 0 amide bonds. The lowest BCUT2D eigenvalue weighted by atomic mass is 9.78. The van der Waals surface area contributed by atoms with Crippen LogP contribution in [0.15, 0.2) is 41.5 Å². The number of alkyl halides is 6. The fourth-order valence-corrected chi connectivity index (χ4v) is 6.84. The number of nitrogens with two attached hydrogens (primary N) is 2. The molecule has 1 aliphatic carbocycles. The van der Waals surface area contributed by atoms with Crippen LogP contribution in [0, 0.1) is 23.5 Å². The molecule has 0 spiro atoms. The summed E-state index contributed by atoms with van der Waals surface area (Å²) in [7, 11) is 1.31. The molecule has 266 valence electrons. The number of nitrogens with zero attached hydrogens (tertiary/aromatic N) is 5. The molecule has 5 N–H and O–H groups in total. The van der Waals surface area contributed by atoms with Crippen LogP contribution in [0.5, 0.6) is 0 Å². The van der Waals surface area contributed by atoms with Gasteiger partial charge in [0.1, 0.15) is 5.82 Å². The number of pyridine rings is 1. The molecule has 1 aliphatic heterocycles. The maximum absolute atomic E-state index is 14.4. The molecule has 17 heteroatoms. The van der Waals surface area contributed by atoms with E-state index in [1.807, 2.05) is 4.90 Å². The van der Waals surface area contributed by atoms with Crippen LogP contribution in [0.2, 0.25) is 0 Å². The molecule has 1 aromatic heterocycles. The van der Waals surface area contributed by atoms with Gasteiger partial charge in [0, 0.05) is 49.7 Å². The summed E-state index contributed by atoms with van der Waals surface area (Å²) in [5.74, 6) is 2.19. The maximum Gasteiger partial charge on any atom is 0.416 e. The third-order valence-corrected chi connectivity index (χ3v) is 9.12. The Hall–Kier alpha value is -4.41. The minimum Gasteiger partial charge on any atom is -0.481 e. The third kappa shape index (κ3) is 8.25. The number of halogens is 8. The van der Waals surface area contributed by atoms with Crippen molar-refractivity contribution in [3.8, 4) is 0 Å². The van der Waals surface area contributed by atoms with Crippen molar-refractivity contribution in [2.45, 2.75) is 70.0 Å². The molecule has 2 aliphatic rings. The molecule has 2 fully saturated rings. The predicted octanol–water partition coefficient (Wildman–Crippen LogP) is 6.45.